The van der Waals surface area contributed by atoms with Crippen molar-refractivity contribution < 1.29 is 9.21 Å². The maximum Gasteiger partial charge on any atom is 0.287 e. The van der Waals surface area contributed by atoms with E-state index < -0.39 is 0 Å². The minimum atomic E-state index is -0.209. The number of nitrogens with zero attached hydrogens (tertiary/aromatic N) is 1. The van der Waals surface area contributed by atoms with Gasteiger partial charge in [-0.15, -0.1) is 11.3 Å². The van der Waals surface area contributed by atoms with Crippen molar-refractivity contribution in [2.45, 2.75) is 13.5 Å². The smallest absolute Gasteiger partial charge is 0.287 e. The lowest BCUT2D eigenvalue weighted by Crippen LogP contribution is -2.22. The lowest BCUT2D eigenvalue weighted by molar-refractivity contribution is 0.0923. The molecule has 0 radical (unpaired) electrons. The summed E-state index contributed by atoms with van der Waals surface area (Å²) < 4.78 is 5.04. The van der Waals surface area contributed by atoms with Crippen LogP contribution in [0.2, 0.25) is 0 Å². The third-order valence-electron chi connectivity index (χ3n) is 3.07. The molecular formula is C16H14N2O2S. The van der Waals surface area contributed by atoms with Crippen molar-refractivity contribution >= 4 is 17.2 Å². The molecule has 2 heterocycles. The van der Waals surface area contributed by atoms with Crippen LogP contribution in [-0.4, -0.2) is 10.9 Å². The highest BCUT2D eigenvalue weighted by molar-refractivity contribution is 7.09. The topological polar surface area (TPSA) is 55.1 Å². The summed E-state index contributed by atoms with van der Waals surface area (Å²) in [5, 5.41) is 5.92. The van der Waals surface area contributed by atoms with Crippen molar-refractivity contribution in [3.63, 3.8) is 0 Å². The van der Waals surface area contributed by atoms with E-state index in [1.165, 1.54) is 6.26 Å². The van der Waals surface area contributed by atoms with Crippen LogP contribution in [0.1, 0.15) is 21.1 Å². The molecule has 0 fully saturated rings. The Morgan fingerprint density at radius 3 is 2.71 bits per heavy atom. The first-order chi connectivity index (χ1) is 10.2. The minimum Gasteiger partial charge on any atom is -0.459 e. The molecule has 3 aromatic rings. The first-order valence-corrected chi connectivity index (χ1v) is 7.43. The highest BCUT2D eigenvalue weighted by Crippen LogP contribution is 2.21. The maximum absolute atomic E-state index is 11.8. The molecule has 0 aliphatic carbocycles. The Hall–Kier alpha value is -2.40. The summed E-state index contributed by atoms with van der Waals surface area (Å²) in [5.41, 5.74) is 3.11. The Bertz CT molecular complexity index is 730. The van der Waals surface area contributed by atoms with Gasteiger partial charge in [0.15, 0.2) is 5.76 Å². The van der Waals surface area contributed by atoms with E-state index in [-0.39, 0.29) is 5.91 Å². The standard InChI is InChI=1S/C16H14N2O2S/c1-11-18-14(10-21-11)13-6-4-12(5-7-13)9-17-16(19)15-3-2-8-20-15/h2-8,10H,9H2,1H3,(H,17,19). The summed E-state index contributed by atoms with van der Waals surface area (Å²) >= 11 is 1.64. The van der Waals surface area contributed by atoms with Gasteiger partial charge in [0.1, 0.15) is 0 Å². The second-order valence-corrected chi connectivity index (χ2v) is 5.67. The van der Waals surface area contributed by atoms with Crippen LogP contribution in [0.3, 0.4) is 0 Å². The largest absolute Gasteiger partial charge is 0.459 e. The molecule has 106 valence electrons. The summed E-state index contributed by atoms with van der Waals surface area (Å²) in [6, 6.07) is 11.4. The molecule has 0 saturated heterocycles. The van der Waals surface area contributed by atoms with Crippen molar-refractivity contribution in [1.82, 2.24) is 10.3 Å². The molecule has 21 heavy (non-hydrogen) atoms. The van der Waals surface area contributed by atoms with E-state index in [0.29, 0.717) is 12.3 Å². The number of hydrogen-bond acceptors (Lipinski definition) is 4. The second kappa shape index (κ2) is 5.93. The summed E-state index contributed by atoms with van der Waals surface area (Å²) in [7, 11) is 0. The quantitative estimate of drug-likeness (QED) is 0.800. The van der Waals surface area contributed by atoms with Gasteiger partial charge >= 0.3 is 0 Å². The average molecular weight is 298 g/mol. The fraction of sp³-hybridized carbons (Fsp3) is 0.125. The van der Waals surface area contributed by atoms with E-state index >= 15 is 0 Å². The van der Waals surface area contributed by atoms with Crippen molar-refractivity contribution in [3.05, 3.63) is 64.4 Å². The van der Waals surface area contributed by atoms with Crippen LogP contribution >= 0.6 is 11.3 Å². The number of amides is 1. The van der Waals surface area contributed by atoms with Crippen LogP contribution in [0.15, 0.2) is 52.5 Å². The number of thiazole rings is 1. The molecule has 4 nitrogen and oxygen atoms in total. The number of furan rings is 1. The van der Waals surface area contributed by atoms with E-state index in [2.05, 4.69) is 10.3 Å². The molecule has 0 saturated carbocycles. The van der Waals surface area contributed by atoms with Crippen molar-refractivity contribution in [3.8, 4) is 11.3 Å². The first kappa shape index (κ1) is 13.6. The van der Waals surface area contributed by atoms with Crippen LogP contribution in [0.25, 0.3) is 11.3 Å². The van der Waals surface area contributed by atoms with Gasteiger partial charge < -0.3 is 9.73 Å². The predicted molar refractivity (Wildman–Crippen MR) is 82.2 cm³/mol. The summed E-state index contributed by atoms with van der Waals surface area (Å²) in [6.07, 6.45) is 1.49. The second-order valence-electron chi connectivity index (χ2n) is 4.61. The average Bonchev–Trinajstić information content (AvgIpc) is 3.17. The highest BCUT2D eigenvalue weighted by Gasteiger charge is 2.07. The molecule has 1 amide bonds. The molecule has 0 atom stereocenters. The summed E-state index contributed by atoms with van der Waals surface area (Å²) in [4.78, 5) is 16.2. The molecule has 2 aromatic heterocycles. The third-order valence-corrected chi connectivity index (χ3v) is 3.84. The Morgan fingerprint density at radius 1 is 1.29 bits per heavy atom. The molecule has 0 unspecified atom stereocenters. The lowest BCUT2D eigenvalue weighted by Gasteiger charge is -2.04. The SMILES string of the molecule is Cc1nc(-c2ccc(CNC(=O)c3ccco3)cc2)cs1. The third kappa shape index (κ3) is 3.20. The fourth-order valence-electron chi connectivity index (χ4n) is 1.97. The number of carbonyl (C=O) groups is 1. The zero-order valence-electron chi connectivity index (χ0n) is 11.5. The van der Waals surface area contributed by atoms with Crippen molar-refractivity contribution in [2.75, 3.05) is 0 Å². The van der Waals surface area contributed by atoms with E-state index in [1.54, 1.807) is 23.5 Å². The predicted octanol–water partition coefficient (Wildman–Crippen LogP) is 3.64. The monoisotopic (exact) mass is 298 g/mol. The van der Waals surface area contributed by atoms with Gasteiger partial charge in [-0.2, -0.15) is 0 Å². The van der Waals surface area contributed by atoms with Gasteiger partial charge in [-0.05, 0) is 24.6 Å². The minimum absolute atomic E-state index is 0.209. The van der Waals surface area contributed by atoms with Crippen molar-refractivity contribution in [2.24, 2.45) is 0 Å². The highest BCUT2D eigenvalue weighted by atomic mass is 32.1. The number of nitrogens with one attached hydrogen (secondary N) is 1. The number of hydrogen-bond donors (Lipinski definition) is 1. The van der Waals surface area contributed by atoms with E-state index in [4.69, 9.17) is 4.42 Å². The summed E-state index contributed by atoms with van der Waals surface area (Å²) in [5.74, 6) is 0.115. The van der Waals surface area contributed by atoms with Crippen molar-refractivity contribution in [1.29, 1.82) is 0 Å². The number of aryl methyl sites for hydroxylation is 1. The Kier molecular flexibility index (Phi) is 3.83. The van der Waals surface area contributed by atoms with E-state index in [9.17, 15) is 4.79 Å². The van der Waals surface area contributed by atoms with Crippen LogP contribution in [-0.2, 0) is 6.54 Å². The van der Waals surface area contributed by atoms with Crippen LogP contribution < -0.4 is 5.32 Å². The zero-order chi connectivity index (χ0) is 14.7. The molecule has 0 spiro atoms. The van der Waals surface area contributed by atoms with E-state index in [1.807, 2.05) is 36.6 Å². The maximum atomic E-state index is 11.8. The number of benzene rings is 1. The number of carbonyl (C=O) groups excluding carboxylic acids is 1. The van der Waals surface area contributed by atoms with E-state index in [0.717, 1.165) is 21.8 Å². The Morgan fingerprint density at radius 2 is 2.10 bits per heavy atom. The first-order valence-electron chi connectivity index (χ1n) is 6.55. The van der Waals surface area contributed by atoms with Gasteiger partial charge in [0.2, 0.25) is 0 Å². The van der Waals surface area contributed by atoms with Gasteiger partial charge in [0.05, 0.1) is 17.0 Å². The molecule has 0 aliphatic heterocycles. The van der Waals surface area contributed by atoms with Crippen LogP contribution in [0.4, 0.5) is 0 Å². The zero-order valence-corrected chi connectivity index (χ0v) is 12.3. The van der Waals surface area contributed by atoms with Crippen LogP contribution in [0.5, 0.6) is 0 Å². The Labute approximate surface area is 126 Å². The molecule has 1 aromatic carbocycles. The van der Waals surface area contributed by atoms with Gasteiger partial charge in [-0.3, -0.25) is 4.79 Å². The lowest BCUT2D eigenvalue weighted by atomic mass is 10.1. The molecular weight excluding hydrogens is 284 g/mol. The van der Waals surface area contributed by atoms with Gasteiger partial charge in [-0.1, -0.05) is 24.3 Å². The normalized spacial score (nSPS) is 10.5. The van der Waals surface area contributed by atoms with Gasteiger partial charge in [0.25, 0.3) is 5.91 Å². The molecule has 0 aliphatic rings. The number of rotatable bonds is 4. The molecule has 0 bridgehead atoms. The Balaban J connectivity index is 1.63. The van der Waals surface area contributed by atoms with Gasteiger partial charge in [0, 0.05) is 17.5 Å². The van der Waals surface area contributed by atoms with Crippen LogP contribution in [0, 0.1) is 6.92 Å². The molecule has 5 heteroatoms. The molecule has 1 N–H and O–H groups in total. The number of aromatic nitrogens is 1. The summed E-state index contributed by atoms with van der Waals surface area (Å²) in [6.45, 7) is 2.46. The van der Waals surface area contributed by atoms with Gasteiger partial charge in [-0.25, -0.2) is 4.98 Å². The fourth-order valence-corrected chi connectivity index (χ4v) is 2.59. The molecule has 3 rings (SSSR count).